The molecule has 70 heavy (non-hydrogen) atoms. The van der Waals surface area contributed by atoms with E-state index in [1.165, 1.54) is 94.1 Å². The summed E-state index contributed by atoms with van der Waals surface area (Å²) in [6, 6.07) is 98.4. The van der Waals surface area contributed by atoms with Crippen LogP contribution in [0.1, 0.15) is 0 Å². The molecule has 0 saturated carbocycles. The predicted molar refractivity (Wildman–Crippen MR) is 297 cm³/mol. The Morgan fingerprint density at radius 2 is 0.600 bits per heavy atom. The number of rotatable bonds is 7. The summed E-state index contributed by atoms with van der Waals surface area (Å²) >= 11 is 0. The second-order valence-electron chi connectivity index (χ2n) is 18.4. The number of nitrogens with zero attached hydrogens (tertiary/aromatic N) is 3. The van der Waals surface area contributed by atoms with Crippen molar-refractivity contribution in [3.63, 3.8) is 0 Å². The van der Waals surface area contributed by atoms with E-state index in [0.717, 1.165) is 28.4 Å². The average Bonchev–Trinajstić information content (AvgIpc) is 3.78. The Kier molecular flexibility index (Phi) is 9.31. The van der Waals surface area contributed by atoms with Crippen LogP contribution in [0.15, 0.2) is 267 Å². The van der Waals surface area contributed by atoms with Crippen LogP contribution in [-0.2, 0) is 0 Å². The van der Waals surface area contributed by atoms with Crippen molar-refractivity contribution in [2.45, 2.75) is 0 Å². The van der Waals surface area contributed by atoms with E-state index < -0.39 is 0 Å². The molecule has 0 saturated heterocycles. The summed E-state index contributed by atoms with van der Waals surface area (Å²) in [5.74, 6) is 0. The van der Waals surface area contributed by atoms with Crippen molar-refractivity contribution >= 4 is 79.0 Å². The Labute approximate surface area is 408 Å². The highest BCUT2D eigenvalue weighted by Crippen LogP contribution is 2.53. The minimum atomic E-state index is -0.0646. The Balaban J connectivity index is 1.18. The van der Waals surface area contributed by atoms with Gasteiger partial charge in [-0.1, -0.05) is 231 Å². The molecule has 0 radical (unpaired) electrons. The third kappa shape index (κ3) is 6.17. The van der Waals surface area contributed by atoms with Gasteiger partial charge in [0.25, 0.3) is 6.71 Å². The molecule has 2 aliphatic rings. The van der Waals surface area contributed by atoms with E-state index in [9.17, 15) is 0 Å². The number of fused-ring (bicyclic) bond motifs is 7. The minimum Gasteiger partial charge on any atom is -0.310 e. The molecule has 4 heteroatoms. The molecule has 3 nitrogen and oxygen atoms in total. The first-order valence-corrected chi connectivity index (χ1v) is 24.2. The first kappa shape index (κ1) is 40.0. The lowest BCUT2D eigenvalue weighted by atomic mass is 9.33. The monoisotopic (exact) mass is 889 g/mol. The van der Waals surface area contributed by atoms with E-state index in [0.29, 0.717) is 0 Å². The zero-order chi connectivity index (χ0) is 46.1. The molecule has 11 aromatic carbocycles. The molecule has 0 spiro atoms. The van der Waals surface area contributed by atoms with E-state index in [1.54, 1.807) is 0 Å². The molecule has 1 aromatic heterocycles. The smallest absolute Gasteiger partial charge is 0.252 e. The molecular formula is C66H44BN3. The second kappa shape index (κ2) is 16.3. The maximum atomic E-state index is 2.61. The van der Waals surface area contributed by atoms with Gasteiger partial charge in [0, 0.05) is 55.8 Å². The van der Waals surface area contributed by atoms with Crippen molar-refractivity contribution in [1.29, 1.82) is 0 Å². The number of aromatic nitrogens is 1. The molecule has 0 amide bonds. The second-order valence-corrected chi connectivity index (χ2v) is 18.4. The number of hydrogen-bond donors (Lipinski definition) is 0. The highest BCUT2D eigenvalue weighted by molar-refractivity contribution is 7.00. The first-order chi connectivity index (χ1) is 34.8. The van der Waals surface area contributed by atoms with Gasteiger partial charge in [0.1, 0.15) is 0 Å². The zero-order valence-corrected chi connectivity index (χ0v) is 38.3. The van der Waals surface area contributed by atoms with E-state index in [1.807, 2.05) is 0 Å². The number of anilines is 6. The van der Waals surface area contributed by atoms with Gasteiger partial charge in [-0.15, -0.1) is 0 Å². The molecular weight excluding hydrogens is 846 g/mol. The third-order valence-electron chi connectivity index (χ3n) is 14.6. The minimum absolute atomic E-state index is 0.0646. The molecule has 0 N–H and O–H groups in total. The summed E-state index contributed by atoms with van der Waals surface area (Å²) < 4.78 is 2.50. The summed E-state index contributed by atoms with van der Waals surface area (Å²) in [6.07, 6.45) is 0. The van der Waals surface area contributed by atoms with E-state index in [-0.39, 0.29) is 6.71 Å². The van der Waals surface area contributed by atoms with E-state index in [2.05, 4.69) is 281 Å². The van der Waals surface area contributed by atoms with Crippen LogP contribution in [0.25, 0.3) is 72.0 Å². The van der Waals surface area contributed by atoms with Gasteiger partial charge in [0.15, 0.2) is 0 Å². The van der Waals surface area contributed by atoms with Crippen LogP contribution in [0.3, 0.4) is 0 Å². The normalized spacial score (nSPS) is 12.5. The molecule has 0 aliphatic carbocycles. The van der Waals surface area contributed by atoms with Crippen LogP contribution < -0.4 is 26.2 Å². The van der Waals surface area contributed by atoms with E-state index >= 15 is 0 Å². The number of hydrogen-bond acceptors (Lipinski definition) is 2. The van der Waals surface area contributed by atoms with Crippen LogP contribution in [0.4, 0.5) is 34.1 Å². The molecule has 0 fully saturated rings. The van der Waals surface area contributed by atoms with Gasteiger partial charge in [-0.25, -0.2) is 0 Å². The van der Waals surface area contributed by atoms with Crippen molar-refractivity contribution < 1.29 is 0 Å². The first-order valence-electron chi connectivity index (χ1n) is 24.2. The molecule has 14 rings (SSSR count). The Morgan fingerprint density at radius 3 is 0.986 bits per heavy atom. The lowest BCUT2D eigenvalue weighted by molar-refractivity contribution is 1.16. The largest absolute Gasteiger partial charge is 0.310 e. The number of para-hydroxylation sites is 6. The van der Waals surface area contributed by atoms with Crippen molar-refractivity contribution in [3.8, 4) is 50.2 Å². The molecule has 0 atom stereocenters. The van der Waals surface area contributed by atoms with Crippen LogP contribution in [0.5, 0.6) is 0 Å². The quantitative estimate of drug-likeness (QED) is 0.148. The van der Waals surface area contributed by atoms with Gasteiger partial charge < -0.3 is 14.4 Å². The van der Waals surface area contributed by atoms with Gasteiger partial charge >= 0.3 is 0 Å². The van der Waals surface area contributed by atoms with Crippen molar-refractivity contribution in [2.75, 3.05) is 9.80 Å². The topological polar surface area (TPSA) is 11.4 Å². The van der Waals surface area contributed by atoms with Gasteiger partial charge in [-0.3, -0.25) is 0 Å². The van der Waals surface area contributed by atoms with Crippen LogP contribution in [0, 0.1) is 0 Å². The summed E-state index contributed by atoms with van der Waals surface area (Å²) in [4.78, 5) is 5.22. The van der Waals surface area contributed by atoms with Gasteiger partial charge in [0.05, 0.1) is 28.1 Å². The fourth-order valence-corrected chi connectivity index (χ4v) is 11.7. The molecule has 3 heterocycles. The third-order valence-corrected chi connectivity index (χ3v) is 14.6. The molecule has 12 aromatic rings. The lowest BCUT2D eigenvalue weighted by Gasteiger charge is -2.45. The van der Waals surface area contributed by atoms with Crippen molar-refractivity contribution in [1.82, 2.24) is 4.57 Å². The number of benzene rings is 11. The molecule has 2 aliphatic heterocycles. The van der Waals surface area contributed by atoms with Gasteiger partial charge in [-0.05, 0) is 75.0 Å². The fourth-order valence-electron chi connectivity index (χ4n) is 11.7. The summed E-state index contributed by atoms with van der Waals surface area (Å²) in [5.41, 5.74) is 23.5. The Morgan fingerprint density at radius 1 is 0.271 bits per heavy atom. The maximum Gasteiger partial charge on any atom is 0.252 e. The molecule has 326 valence electrons. The van der Waals surface area contributed by atoms with Crippen molar-refractivity contribution in [2.24, 2.45) is 0 Å². The molecule has 0 bridgehead atoms. The van der Waals surface area contributed by atoms with Gasteiger partial charge in [-0.2, -0.15) is 0 Å². The zero-order valence-electron chi connectivity index (χ0n) is 38.3. The Bertz CT molecular complexity index is 3590. The standard InChI is InChI=1S/C66H44BN3/c1-5-23-45(24-6-1)50-33-21-34-51(46-25-7-2-8-26-46)65(50)69-60-41-19-15-37-56(60)67-57-38-16-20-42-61(57)70(66-52(47-27-9-3-10-28-47)35-22-36-53(66)48-29-11-4-12-30-48)63-44-49(43-62(69)64(63)67)68-58-39-17-13-31-54(58)55-32-14-18-40-59(55)68/h1-44H. The summed E-state index contributed by atoms with van der Waals surface area (Å²) in [7, 11) is 0. The van der Waals surface area contributed by atoms with Crippen LogP contribution in [0.2, 0.25) is 0 Å². The van der Waals surface area contributed by atoms with Gasteiger partial charge in [0.2, 0.25) is 0 Å². The summed E-state index contributed by atoms with van der Waals surface area (Å²) in [5, 5.41) is 2.46. The van der Waals surface area contributed by atoms with Crippen LogP contribution >= 0.6 is 0 Å². The van der Waals surface area contributed by atoms with E-state index in [4.69, 9.17) is 0 Å². The van der Waals surface area contributed by atoms with Crippen molar-refractivity contribution in [3.05, 3.63) is 267 Å². The SMILES string of the molecule is c1ccc(-c2cccc(-c3ccccc3)c2N2c3ccccc3B3c4ccccc4N(c4c(-c5ccccc5)cccc4-c4ccccc4)c4cc(-n5c6ccccc6c6ccccc65)cc2c43)cc1. The fraction of sp³-hybridized carbons (Fsp3) is 0. The van der Waals surface area contributed by atoms with Crippen LogP contribution in [-0.4, -0.2) is 11.3 Å². The highest BCUT2D eigenvalue weighted by Gasteiger charge is 2.45. The summed E-state index contributed by atoms with van der Waals surface area (Å²) in [6.45, 7) is -0.0646. The lowest BCUT2D eigenvalue weighted by Crippen LogP contribution is -2.61. The maximum absolute atomic E-state index is 2.61. The highest BCUT2D eigenvalue weighted by atomic mass is 15.2. The Hall–Kier alpha value is -9.12. The average molecular weight is 890 g/mol. The predicted octanol–water partition coefficient (Wildman–Crippen LogP) is 15.5. The molecule has 0 unspecified atom stereocenters.